The van der Waals surface area contributed by atoms with Crippen molar-refractivity contribution in [3.05, 3.63) is 29.3 Å². The first-order valence-corrected chi connectivity index (χ1v) is 9.23. The number of aryl methyl sites for hydroxylation is 1. The Kier molecular flexibility index (Phi) is 7.67. The van der Waals surface area contributed by atoms with Crippen LogP contribution in [0, 0.1) is 0 Å². The maximum Gasteiger partial charge on any atom is 0.298 e. The van der Waals surface area contributed by atoms with Gasteiger partial charge in [0.05, 0.1) is 5.52 Å². The lowest BCUT2D eigenvalue weighted by Crippen LogP contribution is -2.06. The van der Waals surface area contributed by atoms with E-state index in [0.717, 1.165) is 73.4 Å². The van der Waals surface area contributed by atoms with Crippen LogP contribution in [0.3, 0.4) is 0 Å². The molecule has 5 nitrogen and oxygen atoms in total. The Balaban J connectivity index is 2.44. The second kappa shape index (κ2) is 9.99. The number of unbranched alkanes of at least 4 members (excludes halogenated alkanes) is 4. The number of carbonyl (C=O) groups is 1. The molecule has 0 fully saturated rings. The van der Waals surface area contributed by atoms with E-state index in [4.69, 9.17) is 16.2 Å². The van der Waals surface area contributed by atoms with Crippen molar-refractivity contribution >= 4 is 23.2 Å². The van der Waals surface area contributed by atoms with Gasteiger partial charge in [0.15, 0.2) is 0 Å². The Morgan fingerprint density at radius 2 is 1.92 bits per heavy atom. The van der Waals surface area contributed by atoms with Gasteiger partial charge in [0, 0.05) is 10.9 Å². The van der Waals surface area contributed by atoms with E-state index in [1.807, 2.05) is 12.1 Å². The summed E-state index contributed by atoms with van der Waals surface area (Å²) < 4.78 is 5.41. The van der Waals surface area contributed by atoms with Gasteiger partial charge >= 0.3 is 0 Å². The molecule has 4 N–H and O–H groups in total. The van der Waals surface area contributed by atoms with E-state index < -0.39 is 0 Å². The van der Waals surface area contributed by atoms with E-state index in [2.05, 4.69) is 18.0 Å². The third-order valence-corrected chi connectivity index (χ3v) is 4.53. The van der Waals surface area contributed by atoms with Crippen LogP contribution in [-0.2, 0) is 17.6 Å². The van der Waals surface area contributed by atoms with Gasteiger partial charge in [-0.2, -0.15) is 0 Å². The maximum absolute atomic E-state index is 11.1. The van der Waals surface area contributed by atoms with E-state index in [-0.39, 0.29) is 0 Å². The third-order valence-electron chi connectivity index (χ3n) is 4.53. The van der Waals surface area contributed by atoms with Gasteiger partial charge in [-0.05, 0) is 50.3 Å². The molecular formula is C20H29N3O2. The molecule has 0 spiro atoms. The van der Waals surface area contributed by atoms with Crippen molar-refractivity contribution in [2.45, 2.75) is 58.3 Å². The van der Waals surface area contributed by atoms with Crippen molar-refractivity contribution in [3.63, 3.8) is 0 Å². The molecule has 0 aliphatic rings. The molecule has 2 aromatic rings. The zero-order valence-corrected chi connectivity index (χ0v) is 15.1. The highest BCUT2D eigenvalue weighted by Gasteiger charge is 2.17. The number of carbonyl (C=O) groups excluding carboxylic acids is 1. The van der Waals surface area contributed by atoms with E-state index in [0.29, 0.717) is 24.6 Å². The number of ether oxygens (including phenoxy) is 1. The fourth-order valence-electron chi connectivity index (χ4n) is 3.22. The van der Waals surface area contributed by atoms with Gasteiger partial charge in [0.1, 0.15) is 11.6 Å². The number of pyridine rings is 1. The Morgan fingerprint density at radius 1 is 1.12 bits per heavy atom. The van der Waals surface area contributed by atoms with Gasteiger partial charge < -0.3 is 16.2 Å². The lowest BCUT2D eigenvalue weighted by molar-refractivity contribution is -0.120. The number of nitrogens with zero attached hydrogens (tertiary/aromatic N) is 1. The topological polar surface area (TPSA) is 91.2 Å². The molecule has 0 saturated carbocycles. The number of benzene rings is 1. The SMILES string of the molecule is CCCCCc1c(N)nc2cccc(CCCCCN)c2c1OC=O. The van der Waals surface area contributed by atoms with E-state index in [1.54, 1.807) is 0 Å². The largest absolute Gasteiger partial charge is 0.428 e. The van der Waals surface area contributed by atoms with Gasteiger partial charge in [-0.3, -0.25) is 4.79 Å². The normalized spacial score (nSPS) is 11.0. The average Bonchev–Trinajstić information content (AvgIpc) is 2.61. The minimum atomic E-state index is 0.459. The molecule has 5 heteroatoms. The second-order valence-electron chi connectivity index (χ2n) is 6.39. The highest BCUT2D eigenvalue weighted by Crippen LogP contribution is 2.36. The van der Waals surface area contributed by atoms with Crippen LogP contribution < -0.4 is 16.2 Å². The zero-order chi connectivity index (χ0) is 18.1. The van der Waals surface area contributed by atoms with E-state index in [9.17, 15) is 4.79 Å². The number of hydrogen-bond donors (Lipinski definition) is 2. The predicted octanol–water partition coefficient (Wildman–Crippen LogP) is 3.76. The summed E-state index contributed by atoms with van der Waals surface area (Å²) in [6.07, 6.45) is 8.07. The number of fused-ring (bicyclic) bond motifs is 1. The summed E-state index contributed by atoms with van der Waals surface area (Å²) in [6, 6.07) is 5.98. The predicted molar refractivity (Wildman–Crippen MR) is 103 cm³/mol. The Bertz CT molecular complexity index is 701. The first-order chi connectivity index (χ1) is 12.2. The van der Waals surface area contributed by atoms with Crippen LogP contribution in [0.2, 0.25) is 0 Å². The number of hydrogen-bond acceptors (Lipinski definition) is 5. The first kappa shape index (κ1) is 19.2. The quantitative estimate of drug-likeness (QED) is 0.479. The molecule has 0 radical (unpaired) electrons. The van der Waals surface area contributed by atoms with Crippen LogP contribution in [0.5, 0.6) is 5.75 Å². The van der Waals surface area contributed by atoms with Crippen molar-refractivity contribution in [2.75, 3.05) is 12.3 Å². The molecule has 0 amide bonds. The van der Waals surface area contributed by atoms with Crippen LogP contribution in [0.4, 0.5) is 5.82 Å². The lowest BCUT2D eigenvalue weighted by Gasteiger charge is -2.16. The molecular weight excluding hydrogens is 314 g/mol. The third kappa shape index (κ3) is 4.92. The zero-order valence-electron chi connectivity index (χ0n) is 15.1. The monoisotopic (exact) mass is 343 g/mol. The summed E-state index contributed by atoms with van der Waals surface area (Å²) in [6.45, 7) is 3.36. The number of aromatic nitrogens is 1. The molecule has 0 aliphatic carbocycles. The lowest BCUT2D eigenvalue weighted by atomic mass is 9.97. The van der Waals surface area contributed by atoms with Crippen LogP contribution >= 0.6 is 0 Å². The summed E-state index contributed by atoms with van der Waals surface area (Å²) in [7, 11) is 0. The van der Waals surface area contributed by atoms with E-state index in [1.165, 1.54) is 0 Å². The number of nitrogen functional groups attached to an aromatic ring is 1. The second-order valence-corrected chi connectivity index (χ2v) is 6.39. The molecule has 1 aromatic heterocycles. The van der Waals surface area contributed by atoms with Gasteiger partial charge in [0.2, 0.25) is 0 Å². The van der Waals surface area contributed by atoms with Crippen molar-refractivity contribution < 1.29 is 9.53 Å². The molecule has 1 aromatic carbocycles. The molecule has 1 heterocycles. The summed E-state index contributed by atoms with van der Waals surface area (Å²) in [5.74, 6) is 1.05. The fourth-order valence-corrected chi connectivity index (χ4v) is 3.22. The van der Waals surface area contributed by atoms with Crippen LogP contribution in [0.15, 0.2) is 18.2 Å². The van der Waals surface area contributed by atoms with Crippen molar-refractivity contribution in [1.29, 1.82) is 0 Å². The molecule has 0 saturated heterocycles. The number of nitrogens with two attached hydrogens (primary N) is 2. The smallest absolute Gasteiger partial charge is 0.298 e. The highest BCUT2D eigenvalue weighted by atomic mass is 16.5. The Hall–Kier alpha value is -2.14. The molecule has 0 unspecified atom stereocenters. The fraction of sp³-hybridized carbons (Fsp3) is 0.500. The average molecular weight is 343 g/mol. The molecule has 0 aliphatic heterocycles. The molecule has 0 bridgehead atoms. The summed E-state index contributed by atoms with van der Waals surface area (Å²) >= 11 is 0. The minimum Gasteiger partial charge on any atom is -0.428 e. The van der Waals surface area contributed by atoms with Gasteiger partial charge in [-0.15, -0.1) is 0 Å². The first-order valence-electron chi connectivity index (χ1n) is 9.23. The Labute approximate surface area is 149 Å². The van der Waals surface area contributed by atoms with Crippen molar-refractivity contribution in [1.82, 2.24) is 4.98 Å². The molecule has 25 heavy (non-hydrogen) atoms. The molecule has 0 atom stereocenters. The Morgan fingerprint density at radius 3 is 2.64 bits per heavy atom. The van der Waals surface area contributed by atoms with Crippen LogP contribution in [0.1, 0.15) is 56.6 Å². The minimum absolute atomic E-state index is 0.459. The van der Waals surface area contributed by atoms with Crippen LogP contribution in [0.25, 0.3) is 10.9 Å². The van der Waals surface area contributed by atoms with Gasteiger partial charge in [-0.1, -0.05) is 38.3 Å². The van der Waals surface area contributed by atoms with E-state index >= 15 is 0 Å². The van der Waals surface area contributed by atoms with Gasteiger partial charge in [0.25, 0.3) is 6.47 Å². The number of rotatable bonds is 11. The molecule has 136 valence electrons. The van der Waals surface area contributed by atoms with Crippen molar-refractivity contribution in [2.24, 2.45) is 5.73 Å². The molecule has 2 rings (SSSR count). The van der Waals surface area contributed by atoms with Gasteiger partial charge in [-0.25, -0.2) is 4.98 Å². The summed E-state index contributed by atoms with van der Waals surface area (Å²) in [5, 5.41) is 0.919. The highest BCUT2D eigenvalue weighted by molar-refractivity contribution is 5.92. The summed E-state index contributed by atoms with van der Waals surface area (Å²) in [4.78, 5) is 15.7. The summed E-state index contributed by atoms with van der Waals surface area (Å²) in [5.41, 5.74) is 14.5. The van der Waals surface area contributed by atoms with Crippen molar-refractivity contribution in [3.8, 4) is 5.75 Å². The maximum atomic E-state index is 11.1. The van der Waals surface area contributed by atoms with Crippen LogP contribution in [-0.4, -0.2) is 18.0 Å². The standard InChI is InChI=1S/C20H29N3O2/c1-2-3-5-11-16-19(25-14-24)18-15(9-6-4-7-13-21)10-8-12-17(18)23-20(16)22/h8,10,12,14H,2-7,9,11,13,21H2,1H3,(H2,22,23). The number of anilines is 1.